The van der Waals surface area contributed by atoms with Gasteiger partial charge in [0.05, 0.1) is 5.56 Å². The Morgan fingerprint density at radius 2 is 2.11 bits per heavy atom. The fourth-order valence-corrected chi connectivity index (χ4v) is 1.73. The molecule has 1 heterocycles. The van der Waals surface area contributed by atoms with Gasteiger partial charge in [-0.15, -0.1) is 0 Å². The van der Waals surface area contributed by atoms with Gasteiger partial charge in [-0.1, -0.05) is 11.6 Å². The van der Waals surface area contributed by atoms with Gasteiger partial charge in [0.15, 0.2) is 12.1 Å². The van der Waals surface area contributed by atoms with Gasteiger partial charge in [-0.3, -0.25) is 4.79 Å². The molecule has 1 aromatic carbocycles. The van der Waals surface area contributed by atoms with Crippen LogP contribution in [0.1, 0.15) is 26.6 Å². The number of anilines is 1. The SMILES string of the molecule is Cc1ocnc1C(=O)Nc1cc(Cl)cc(C(=O)O)c1. The van der Waals surface area contributed by atoms with E-state index in [4.69, 9.17) is 21.1 Å². The highest BCUT2D eigenvalue weighted by Gasteiger charge is 2.15. The number of rotatable bonds is 3. The van der Waals surface area contributed by atoms with E-state index in [1.807, 2.05) is 0 Å². The largest absolute Gasteiger partial charge is 0.478 e. The highest BCUT2D eigenvalue weighted by molar-refractivity contribution is 6.31. The van der Waals surface area contributed by atoms with Crippen LogP contribution in [0.3, 0.4) is 0 Å². The van der Waals surface area contributed by atoms with Crippen LogP contribution in [0.4, 0.5) is 5.69 Å². The number of nitrogens with one attached hydrogen (secondary N) is 1. The number of aryl methyl sites for hydroxylation is 1. The molecule has 1 amide bonds. The van der Waals surface area contributed by atoms with Crippen molar-refractivity contribution in [2.24, 2.45) is 0 Å². The highest BCUT2D eigenvalue weighted by atomic mass is 35.5. The zero-order valence-electron chi connectivity index (χ0n) is 9.81. The first kappa shape index (κ1) is 13.1. The maximum Gasteiger partial charge on any atom is 0.335 e. The average molecular weight is 281 g/mol. The number of aromatic carboxylic acids is 1. The standard InChI is InChI=1S/C12H9ClN2O4/c1-6-10(14-5-19-6)11(16)15-9-3-7(12(17)18)2-8(13)4-9/h2-5H,1H3,(H,15,16)(H,17,18). The van der Waals surface area contributed by atoms with Crippen LogP contribution in [0.15, 0.2) is 29.0 Å². The van der Waals surface area contributed by atoms with Crippen molar-refractivity contribution >= 4 is 29.2 Å². The van der Waals surface area contributed by atoms with Crippen LogP contribution in [0.2, 0.25) is 5.02 Å². The third-order valence-corrected chi connectivity index (χ3v) is 2.58. The van der Waals surface area contributed by atoms with Crippen molar-refractivity contribution in [3.63, 3.8) is 0 Å². The molecule has 0 radical (unpaired) electrons. The van der Waals surface area contributed by atoms with E-state index < -0.39 is 11.9 Å². The lowest BCUT2D eigenvalue weighted by molar-refractivity contribution is 0.0696. The maximum absolute atomic E-state index is 11.9. The maximum atomic E-state index is 11.9. The number of carbonyl (C=O) groups is 2. The number of hydrogen-bond donors (Lipinski definition) is 2. The molecule has 98 valence electrons. The van der Waals surface area contributed by atoms with Crippen LogP contribution in [-0.4, -0.2) is 22.0 Å². The van der Waals surface area contributed by atoms with Gasteiger partial charge in [0, 0.05) is 10.7 Å². The van der Waals surface area contributed by atoms with E-state index in [-0.39, 0.29) is 22.0 Å². The summed E-state index contributed by atoms with van der Waals surface area (Å²) in [5.74, 6) is -1.25. The van der Waals surface area contributed by atoms with E-state index in [0.717, 1.165) is 6.39 Å². The van der Waals surface area contributed by atoms with Crippen LogP contribution < -0.4 is 5.32 Å². The number of nitrogens with zero attached hydrogens (tertiary/aromatic N) is 1. The minimum atomic E-state index is -1.13. The van der Waals surface area contributed by atoms with Crippen molar-refractivity contribution in [2.45, 2.75) is 6.92 Å². The number of carboxylic acid groups (broad SMARTS) is 1. The van der Waals surface area contributed by atoms with Gasteiger partial charge in [-0.25, -0.2) is 9.78 Å². The molecule has 2 aromatic rings. The normalized spacial score (nSPS) is 10.2. The van der Waals surface area contributed by atoms with Crippen LogP contribution in [0.25, 0.3) is 0 Å². The third-order valence-electron chi connectivity index (χ3n) is 2.36. The number of aromatic nitrogens is 1. The third kappa shape index (κ3) is 2.92. The van der Waals surface area contributed by atoms with Gasteiger partial charge < -0.3 is 14.8 Å². The molecule has 6 nitrogen and oxygen atoms in total. The molecular weight excluding hydrogens is 272 g/mol. The number of amides is 1. The Labute approximate surface area is 113 Å². The summed E-state index contributed by atoms with van der Waals surface area (Å²) < 4.78 is 4.92. The quantitative estimate of drug-likeness (QED) is 0.901. The Morgan fingerprint density at radius 1 is 1.37 bits per heavy atom. The summed E-state index contributed by atoms with van der Waals surface area (Å²) in [6.45, 7) is 1.60. The molecule has 2 rings (SSSR count). The van der Waals surface area contributed by atoms with E-state index in [2.05, 4.69) is 10.3 Å². The highest BCUT2D eigenvalue weighted by Crippen LogP contribution is 2.20. The minimum absolute atomic E-state index is 0.0142. The number of carboxylic acids is 1. The fraction of sp³-hybridized carbons (Fsp3) is 0.0833. The Bertz CT molecular complexity index is 651. The van der Waals surface area contributed by atoms with Crippen LogP contribution in [-0.2, 0) is 0 Å². The van der Waals surface area contributed by atoms with E-state index in [1.54, 1.807) is 6.92 Å². The van der Waals surface area contributed by atoms with E-state index >= 15 is 0 Å². The number of carbonyl (C=O) groups excluding carboxylic acids is 1. The Hall–Kier alpha value is -2.34. The summed E-state index contributed by atoms with van der Waals surface area (Å²) >= 11 is 5.78. The second-order valence-electron chi connectivity index (χ2n) is 3.75. The lowest BCUT2D eigenvalue weighted by Gasteiger charge is -2.05. The summed E-state index contributed by atoms with van der Waals surface area (Å²) in [6, 6.07) is 4.05. The predicted molar refractivity (Wildman–Crippen MR) is 67.6 cm³/mol. The van der Waals surface area contributed by atoms with E-state index in [1.165, 1.54) is 18.2 Å². The van der Waals surface area contributed by atoms with Crippen LogP contribution in [0, 0.1) is 6.92 Å². The average Bonchev–Trinajstić information content (AvgIpc) is 2.74. The Morgan fingerprint density at radius 3 is 2.68 bits per heavy atom. The topological polar surface area (TPSA) is 92.4 Å². The predicted octanol–water partition coefficient (Wildman–Crippen LogP) is 2.59. The number of halogens is 1. The molecule has 0 atom stereocenters. The first-order chi connectivity index (χ1) is 8.97. The first-order valence-corrected chi connectivity index (χ1v) is 5.60. The van der Waals surface area contributed by atoms with Crippen LogP contribution >= 0.6 is 11.6 Å². The summed E-state index contributed by atoms with van der Waals surface area (Å²) in [7, 11) is 0. The molecule has 0 aliphatic rings. The van der Waals surface area contributed by atoms with E-state index in [9.17, 15) is 9.59 Å². The number of benzene rings is 1. The zero-order chi connectivity index (χ0) is 14.0. The summed E-state index contributed by atoms with van der Waals surface area (Å²) in [5.41, 5.74) is 0.397. The van der Waals surface area contributed by atoms with Gasteiger partial charge in [0.25, 0.3) is 5.91 Å². The van der Waals surface area contributed by atoms with Crippen molar-refractivity contribution in [3.05, 3.63) is 46.6 Å². The van der Waals surface area contributed by atoms with Gasteiger partial charge in [-0.05, 0) is 25.1 Å². The Balaban J connectivity index is 2.26. The molecule has 0 fully saturated rings. The monoisotopic (exact) mass is 280 g/mol. The van der Waals surface area contributed by atoms with Gasteiger partial charge in [-0.2, -0.15) is 0 Å². The van der Waals surface area contributed by atoms with Crippen molar-refractivity contribution in [1.82, 2.24) is 4.98 Å². The molecule has 0 spiro atoms. The molecule has 0 unspecified atom stereocenters. The van der Waals surface area contributed by atoms with Crippen LogP contribution in [0.5, 0.6) is 0 Å². The second kappa shape index (κ2) is 5.11. The van der Waals surface area contributed by atoms with Crippen molar-refractivity contribution in [3.8, 4) is 0 Å². The van der Waals surface area contributed by atoms with Gasteiger partial charge in [0.1, 0.15) is 5.76 Å². The molecule has 0 bridgehead atoms. The second-order valence-corrected chi connectivity index (χ2v) is 4.18. The molecular formula is C12H9ClN2O4. The molecule has 0 saturated carbocycles. The molecule has 7 heteroatoms. The summed E-state index contributed by atoms with van der Waals surface area (Å²) in [6.07, 6.45) is 1.16. The van der Waals surface area contributed by atoms with Crippen molar-refractivity contribution in [1.29, 1.82) is 0 Å². The lowest BCUT2D eigenvalue weighted by atomic mass is 10.2. The molecule has 19 heavy (non-hydrogen) atoms. The Kier molecular flexibility index (Phi) is 3.52. The summed E-state index contributed by atoms with van der Waals surface area (Å²) in [5, 5.41) is 11.6. The summed E-state index contributed by atoms with van der Waals surface area (Å²) in [4.78, 5) is 26.5. The number of oxazole rings is 1. The zero-order valence-corrected chi connectivity index (χ0v) is 10.6. The smallest absolute Gasteiger partial charge is 0.335 e. The van der Waals surface area contributed by atoms with Crippen molar-refractivity contribution < 1.29 is 19.1 Å². The van der Waals surface area contributed by atoms with E-state index in [0.29, 0.717) is 5.76 Å². The molecule has 2 N–H and O–H groups in total. The minimum Gasteiger partial charge on any atom is -0.478 e. The molecule has 0 aliphatic heterocycles. The molecule has 0 saturated heterocycles. The first-order valence-electron chi connectivity index (χ1n) is 5.22. The van der Waals surface area contributed by atoms with Gasteiger partial charge in [0.2, 0.25) is 0 Å². The van der Waals surface area contributed by atoms with Crippen molar-refractivity contribution in [2.75, 3.05) is 5.32 Å². The lowest BCUT2D eigenvalue weighted by Crippen LogP contribution is -2.14. The fourth-order valence-electron chi connectivity index (χ4n) is 1.50. The number of hydrogen-bond acceptors (Lipinski definition) is 4. The van der Waals surface area contributed by atoms with Gasteiger partial charge >= 0.3 is 5.97 Å². The molecule has 1 aromatic heterocycles. The molecule has 0 aliphatic carbocycles.